The molecule has 0 aliphatic carbocycles. The predicted octanol–water partition coefficient (Wildman–Crippen LogP) is 2.51. The van der Waals surface area contributed by atoms with E-state index in [0.717, 1.165) is 25.7 Å². The first kappa shape index (κ1) is 9.70. The van der Waals surface area contributed by atoms with E-state index >= 15 is 0 Å². The Bertz CT molecular complexity index is 94.9. The van der Waals surface area contributed by atoms with E-state index in [0.29, 0.717) is 6.61 Å². The molecule has 0 unspecified atom stereocenters. The summed E-state index contributed by atoms with van der Waals surface area (Å²) in [5.74, 6) is 0. The third-order valence-corrected chi connectivity index (χ3v) is 1.66. The maximum Gasteiger partial charge on any atom is 0.0431 e. The van der Waals surface area contributed by atoms with Gasteiger partial charge in [-0.25, -0.2) is 0 Å². The first-order chi connectivity index (χ1) is 4.81. The Morgan fingerprint density at radius 1 is 1.40 bits per heavy atom. The Morgan fingerprint density at radius 3 is 2.60 bits per heavy atom. The van der Waals surface area contributed by atoms with Crippen LogP contribution in [0.25, 0.3) is 0 Å². The highest BCUT2D eigenvalue weighted by molar-refractivity contribution is 4.96. The van der Waals surface area contributed by atoms with Gasteiger partial charge in [-0.05, 0) is 32.6 Å². The Kier molecular flexibility index (Phi) is 6.61. The van der Waals surface area contributed by atoms with Crippen LogP contribution in [0.2, 0.25) is 0 Å². The average Bonchev–Trinajstić information content (AvgIpc) is 1.98. The van der Waals surface area contributed by atoms with Gasteiger partial charge in [0.1, 0.15) is 0 Å². The van der Waals surface area contributed by atoms with E-state index in [1.165, 1.54) is 5.57 Å². The molecule has 0 heterocycles. The van der Waals surface area contributed by atoms with Gasteiger partial charge in [0.25, 0.3) is 0 Å². The van der Waals surface area contributed by atoms with E-state index in [4.69, 9.17) is 5.11 Å². The topological polar surface area (TPSA) is 20.2 Å². The van der Waals surface area contributed by atoms with E-state index in [9.17, 15) is 0 Å². The number of hydrogen-bond donors (Lipinski definition) is 1. The van der Waals surface area contributed by atoms with Crippen LogP contribution >= 0.6 is 0 Å². The lowest BCUT2D eigenvalue weighted by molar-refractivity contribution is 0.285. The SMILES string of the molecule is CC/C(C)=C\CCCCO. The summed E-state index contributed by atoms with van der Waals surface area (Å²) in [5.41, 5.74) is 1.46. The fraction of sp³-hybridized carbons (Fsp3) is 0.778. The van der Waals surface area contributed by atoms with Crippen molar-refractivity contribution in [2.24, 2.45) is 0 Å². The van der Waals surface area contributed by atoms with Crippen molar-refractivity contribution in [3.05, 3.63) is 11.6 Å². The van der Waals surface area contributed by atoms with Crippen molar-refractivity contribution in [1.82, 2.24) is 0 Å². The molecule has 1 N–H and O–H groups in total. The number of aliphatic hydroxyl groups is 1. The summed E-state index contributed by atoms with van der Waals surface area (Å²) >= 11 is 0. The van der Waals surface area contributed by atoms with Gasteiger partial charge in [0.2, 0.25) is 0 Å². The molecule has 0 atom stereocenters. The van der Waals surface area contributed by atoms with Crippen molar-refractivity contribution < 1.29 is 5.11 Å². The molecule has 0 aliphatic heterocycles. The highest BCUT2D eigenvalue weighted by Gasteiger charge is 1.84. The molecule has 0 rings (SSSR count). The van der Waals surface area contributed by atoms with Crippen molar-refractivity contribution in [2.45, 2.75) is 39.5 Å². The van der Waals surface area contributed by atoms with Crippen LogP contribution in [0.4, 0.5) is 0 Å². The van der Waals surface area contributed by atoms with Crippen LogP contribution in [0.15, 0.2) is 11.6 Å². The van der Waals surface area contributed by atoms with Crippen LogP contribution < -0.4 is 0 Å². The van der Waals surface area contributed by atoms with Gasteiger partial charge in [-0.2, -0.15) is 0 Å². The molecule has 0 aromatic heterocycles. The van der Waals surface area contributed by atoms with E-state index in [-0.39, 0.29) is 0 Å². The Balaban J connectivity index is 3.16. The van der Waals surface area contributed by atoms with E-state index < -0.39 is 0 Å². The molecule has 0 amide bonds. The first-order valence-corrected chi connectivity index (χ1v) is 4.07. The van der Waals surface area contributed by atoms with Crippen molar-refractivity contribution in [1.29, 1.82) is 0 Å². The fourth-order valence-electron chi connectivity index (χ4n) is 0.749. The maximum atomic E-state index is 8.47. The largest absolute Gasteiger partial charge is 0.396 e. The molecule has 0 aromatic rings. The highest BCUT2D eigenvalue weighted by atomic mass is 16.2. The van der Waals surface area contributed by atoms with Gasteiger partial charge in [-0.15, -0.1) is 0 Å². The number of aliphatic hydroxyl groups excluding tert-OH is 1. The second-order valence-electron chi connectivity index (χ2n) is 2.62. The summed E-state index contributed by atoms with van der Waals surface area (Å²) < 4.78 is 0. The second kappa shape index (κ2) is 6.81. The Hall–Kier alpha value is -0.300. The van der Waals surface area contributed by atoms with Crippen LogP contribution in [-0.4, -0.2) is 11.7 Å². The molecule has 0 saturated carbocycles. The Morgan fingerprint density at radius 2 is 2.10 bits per heavy atom. The molecule has 0 fully saturated rings. The lowest BCUT2D eigenvalue weighted by Crippen LogP contribution is -1.81. The molecule has 0 radical (unpaired) electrons. The van der Waals surface area contributed by atoms with Gasteiger partial charge in [0, 0.05) is 6.61 Å². The molecule has 60 valence electrons. The number of unbranched alkanes of at least 4 members (excludes halogenated alkanes) is 2. The highest BCUT2D eigenvalue weighted by Crippen LogP contribution is 2.03. The van der Waals surface area contributed by atoms with Crippen LogP contribution in [-0.2, 0) is 0 Å². The first-order valence-electron chi connectivity index (χ1n) is 4.07. The average molecular weight is 142 g/mol. The van der Waals surface area contributed by atoms with Crippen LogP contribution in [0.3, 0.4) is 0 Å². The lowest BCUT2D eigenvalue weighted by atomic mass is 10.1. The summed E-state index contributed by atoms with van der Waals surface area (Å²) in [6.07, 6.45) is 6.59. The number of allylic oxidation sites excluding steroid dienone is 2. The van der Waals surface area contributed by atoms with E-state index in [1.54, 1.807) is 0 Å². The second-order valence-corrected chi connectivity index (χ2v) is 2.62. The van der Waals surface area contributed by atoms with Gasteiger partial charge in [-0.3, -0.25) is 0 Å². The van der Waals surface area contributed by atoms with Gasteiger partial charge < -0.3 is 5.11 Å². The van der Waals surface area contributed by atoms with Crippen molar-refractivity contribution >= 4 is 0 Å². The lowest BCUT2D eigenvalue weighted by Gasteiger charge is -1.94. The van der Waals surface area contributed by atoms with Gasteiger partial charge in [0.05, 0.1) is 0 Å². The van der Waals surface area contributed by atoms with Crippen molar-refractivity contribution in [2.75, 3.05) is 6.61 Å². The van der Waals surface area contributed by atoms with Crippen molar-refractivity contribution in [3.8, 4) is 0 Å². The summed E-state index contributed by atoms with van der Waals surface area (Å²) in [4.78, 5) is 0. The smallest absolute Gasteiger partial charge is 0.0431 e. The molecule has 0 saturated heterocycles. The number of hydrogen-bond acceptors (Lipinski definition) is 1. The molecule has 0 spiro atoms. The maximum absolute atomic E-state index is 8.47. The molecule has 0 aromatic carbocycles. The van der Waals surface area contributed by atoms with Crippen molar-refractivity contribution in [3.63, 3.8) is 0 Å². The van der Waals surface area contributed by atoms with Gasteiger partial charge >= 0.3 is 0 Å². The third kappa shape index (κ3) is 5.83. The quantitative estimate of drug-likeness (QED) is 0.462. The summed E-state index contributed by atoms with van der Waals surface area (Å²) in [6.45, 7) is 4.65. The van der Waals surface area contributed by atoms with Gasteiger partial charge in [0.15, 0.2) is 0 Å². The predicted molar refractivity (Wildman–Crippen MR) is 45.0 cm³/mol. The van der Waals surface area contributed by atoms with E-state index in [1.807, 2.05) is 0 Å². The molecule has 0 aliphatic rings. The molecular weight excluding hydrogens is 124 g/mol. The molecule has 0 bridgehead atoms. The molecule has 1 nitrogen and oxygen atoms in total. The monoisotopic (exact) mass is 142 g/mol. The third-order valence-electron chi connectivity index (χ3n) is 1.66. The summed E-state index contributed by atoms with van der Waals surface area (Å²) in [5, 5.41) is 8.47. The zero-order valence-electron chi connectivity index (χ0n) is 7.06. The van der Waals surface area contributed by atoms with Gasteiger partial charge in [-0.1, -0.05) is 18.6 Å². The zero-order chi connectivity index (χ0) is 7.82. The minimum atomic E-state index is 0.332. The standard InChI is InChI=1S/C9H18O/c1-3-9(2)7-5-4-6-8-10/h7,10H,3-6,8H2,1-2H3/b9-7-. The molecular formula is C9H18O. The van der Waals surface area contributed by atoms with Crippen LogP contribution in [0.1, 0.15) is 39.5 Å². The minimum Gasteiger partial charge on any atom is -0.396 e. The number of rotatable bonds is 5. The Labute approximate surface area is 63.8 Å². The van der Waals surface area contributed by atoms with Crippen LogP contribution in [0.5, 0.6) is 0 Å². The molecule has 1 heteroatoms. The fourth-order valence-corrected chi connectivity index (χ4v) is 0.749. The summed E-state index contributed by atoms with van der Waals surface area (Å²) in [7, 11) is 0. The van der Waals surface area contributed by atoms with Crippen LogP contribution in [0, 0.1) is 0 Å². The molecule has 10 heavy (non-hydrogen) atoms. The zero-order valence-corrected chi connectivity index (χ0v) is 7.06. The van der Waals surface area contributed by atoms with E-state index in [2.05, 4.69) is 19.9 Å². The summed E-state index contributed by atoms with van der Waals surface area (Å²) in [6, 6.07) is 0. The normalized spacial score (nSPS) is 12.1. The minimum absolute atomic E-state index is 0.332.